The van der Waals surface area contributed by atoms with Crippen LogP contribution < -0.4 is 0 Å². The first-order valence-electron chi connectivity index (χ1n) is 53.9. The van der Waals surface area contributed by atoms with Gasteiger partial charge in [0.2, 0.25) is 0 Å². The highest BCUT2D eigenvalue weighted by molar-refractivity contribution is 5.67. The summed E-state index contributed by atoms with van der Waals surface area (Å²) in [6, 6.07) is 95.3. The summed E-state index contributed by atoms with van der Waals surface area (Å²) in [5, 5.41) is 0. The summed E-state index contributed by atoms with van der Waals surface area (Å²) in [7, 11) is 0. The lowest BCUT2D eigenvalue weighted by Crippen LogP contribution is -2.16. The van der Waals surface area contributed by atoms with Crippen molar-refractivity contribution >= 4 is 0 Å². The van der Waals surface area contributed by atoms with E-state index in [9.17, 15) is 0 Å². The van der Waals surface area contributed by atoms with Gasteiger partial charge in [0.25, 0.3) is 0 Å². The Bertz CT molecular complexity index is 6470. The molecule has 736 valence electrons. The minimum absolute atomic E-state index is 0.0393. The maximum absolute atomic E-state index is 2.59. The molecule has 0 aliphatic heterocycles. The van der Waals surface area contributed by atoms with E-state index in [0.717, 1.165) is 0 Å². The molecule has 0 spiro atoms. The van der Waals surface area contributed by atoms with Crippen molar-refractivity contribution in [3.05, 3.63) is 554 Å². The summed E-state index contributed by atoms with van der Waals surface area (Å²) >= 11 is 0. The molecule has 24 bridgehead atoms. The zero-order chi connectivity index (χ0) is 104. The van der Waals surface area contributed by atoms with Gasteiger partial charge in [-0.25, -0.2) is 0 Å². The minimum atomic E-state index is 0.0393. The van der Waals surface area contributed by atoms with E-state index >= 15 is 0 Å². The van der Waals surface area contributed by atoms with Crippen molar-refractivity contribution in [3.8, 4) is 0 Å². The maximum Gasteiger partial charge on any atom is 0.0345 e. The highest BCUT2D eigenvalue weighted by Gasteiger charge is 2.37. The largest absolute Gasteiger partial charge is 0.0622 e. The average Bonchev–Trinajstić information content (AvgIpc) is 0.719. The van der Waals surface area contributed by atoms with Crippen LogP contribution >= 0.6 is 0 Å². The normalized spacial score (nSPS) is 19.0. The molecule has 0 N–H and O–H groups in total. The second-order valence-corrected chi connectivity index (χ2v) is 45.4. The summed E-state index contributed by atoms with van der Waals surface area (Å²) in [4.78, 5) is 0. The first-order chi connectivity index (χ1) is 68.4. The van der Waals surface area contributed by atoms with E-state index < -0.39 is 0 Å². The second-order valence-electron chi connectivity index (χ2n) is 45.4. The first kappa shape index (κ1) is 103. The Hall–Kier alpha value is -12.5. The molecule has 0 nitrogen and oxygen atoms in total. The van der Waals surface area contributed by atoms with Crippen LogP contribution in [0.2, 0.25) is 0 Å². The molecule has 3 aliphatic rings. The van der Waals surface area contributed by atoms with Gasteiger partial charge < -0.3 is 0 Å². The van der Waals surface area contributed by atoms with Crippen molar-refractivity contribution in [2.75, 3.05) is 0 Å². The SMILES string of the molecule is Cc1c2cc(c(C)c1C)C(C)c1cc(c(C)c(C)c1C)C(C)c1cc(c(C)c(C)c1C)C(C)c1cc(c(C)c(C)c1C)C2C.Cc1cc(C)c2cc1C(C)c1cc(c(C)cc1C)C(C)c1cc(c(C)cc1C)C(C)c1cc(c(C)cc1C)C2C.Cc1cc(C)c2cc1C(c1ccccc1)c1cc(c(C)cc1C)C(c1ccccc1)c1cc(c(C)cc1C)C(c1ccccc1)c1cc(c(C)cc1C)C2c1ccccc1. The summed E-state index contributed by atoms with van der Waals surface area (Å²) in [5.41, 5.74) is 78.7. The van der Waals surface area contributed by atoms with Gasteiger partial charge in [-0.15, -0.1) is 0 Å². The Labute approximate surface area is 868 Å². The molecule has 0 atom stereocenters. The van der Waals surface area contributed by atoms with Crippen molar-refractivity contribution in [1.29, 1.82) is 0 Å². The smallest absolute Gasteiger partial charge is 0.0345 e. The molecule has 16 aromatic rings. The van der Waals surface area contributed by atoms with Gasteiger partial charge in [0.1, 0.15) is 0 Å². The number of benzene rings is 16. The van der Waals surface area contributed by atoms with E-state index in [2.05, 4.69) is 492 Å². The number of rotatable bonds is 4. The van der Waals surface area contributed by atoms with Gasteiger partial charge in [0.05, 0.1) is 0 Å². The molecule has 0 aromatic heterocycles. The lowest BCUT2D eigenvalue weighted by molar-refractivity contribution is 0.818. The average molecular weight is 1890 g/mol. The molecular formula is C144H160. The van der Waals surface area contributed by atoms with E-state index in [0.29, 0.717) is 47.3 Å². The van der Waals surface area contributed by atoms with Crippen LogP contribution in [0.3, 0.4) is 0 Å². The number of hydrogen-bond acceptors (Lipinski definition) is 0. The Balaban J connectivity index is 0.000000152. The van der Waals surface area contributed by atoms with Crippen LogP contribution in [0.4, 0.5) is 0 Å². The quantitative estimate of drug-likeness (QED) is 0.165. The number of fused-ring (bicyclic) bond motifs is 24. The topological polar surface area (TPSA) is 0 Å². The van der Waals surface area contributed by atoms with Crippen molar-refractivity contribution < 1.29 is 0 Å². The van der Waals surface area contributed by atoms with Crippen LogP contribution in [-0.4, -0.2) is 0 Å². The van der Waals surface area contributed by atoms with Crippen molar-refractivity contribution in [1.82, 2.24) is 0 Å². The number of hydrogen-bond donors (Lipinski definition) is 0. The van der Waals surface area contributed by atoms with Crippen LogP contribution in [0.1, 0.15) is 438 Å². The van der Waals surface area contributed by atoms with Gasteiger partial charge in [-0.1, -0.05) is 298 Å². The third kappa shape index (κ3) is 18.6. The van der Waals surface area contributed by atoms with Crippen LogP contribution in [0.25, 0.3) is 0 Å². The van der Waals surface area contributed by atoms with Crippen LogP contribution in [0.15, 0.2) is 243 Å². The fourth-order valence-corrected chi connectivity index (χ4v) is 27.3. The first-order valence-corrected chi connectivity index (χ1v) is 53.9. The van der Waals surface area contributed by atoms with E-state index in [1.165, 1.54) is 312 Å². The van der Waals surface area contributed by atoms with Crippen molar-refractivity contribution in [2.45, 2.75) is 320 Å². The summed E-state index contributed by atoms with van der Waals surface area (Å²) < 4.78 is 0. The van der Waals surface area contributed by atoms with Gasteiger partial charge in [0.15, 0.2) is 0 Å². The molecule has 144 heavy (non-hydrogen) atoms. The molecule has 0 unspecified atom stereocenters. The summed E-state index contributed by atoms with van der Waals surface area (Å²) in [6.07, 6.45) is 0. The van der Waals surface area contributed by atoms with Gasteiger partial charge in [-0.05, 0) is 505 Å². The predicted octanol–water partition coefficient (Wildman–Crippen LogP) is 38.6. The molecule has 0 heteroatoms. The van der Waals surface area contributed by atoms with Gasteiger partial charge in [-0.3, -0.25) is 0 Å². The second kappa shape index (κ2) is 40.8. The fraction of sp³-hybridized carbons (Fsp3) is 0.333. The minimum Gasteiger partial charge on any atom is -0.0622 e. The van der Waals surface area contributed by atoms with Gasteiger partial charge >= 0.3 is 0 Å². The molecule has 0 saturated carbocycles. The van der Waals surface area contributed by atoms with Crippen LogP contribution in [-0.2, 0) is 0 Å². The van der Waals surface area contributed by atoms with E-state index in [1.807, 2.05) is 0 Å². The van der Waals surface area contributed by atoms with E-state index in [-0.39, 0.29) is 23.7 Å². The Morgan fingerprint density at radius 1 is 0.104 bits per heavy atom. The predicted molar refractivity (Wildman–Crippen MR) is 620 cm³/mol. The molecular weight excluding hydrogens is 1730 g/mol. The summed E-state index contributed by atoms with van der Waals surface area (Å²) in [6.45, 7) is 84.6. The summed E-state index contributed by atoms with van der Waals surface area (Å²) in [5.74, 6) is 2.72. The Morgan fingerprint density at radius 2 is 0.201 bits per heavy atom. The van der Waals surface area contributed by atoms with E-state index in [4.69, 9.17) is 0 Å². The van der Waals surface area contributed by atoms with Crippen molar-refractivity contribution in [3.63, 3.8) is 0 Å². The zero-order valence-corrected chi connectivity index (χ0v) is 94.0. The molecule has 3 aliphatic carbocycles. The molecule has 0 fully saturated rings. The monoisotopic (exact) mass is 1890 g/mol. The molecule has 0 heterocycles. The van der Waals surface area contributed by atoms with Crippen LogP contribution in [0, 0.1) is 194 Å². The van der Waals surface area contributed by atoms with Gasteiger partial charge in [-0.2, -0.15) is 0 Å². The fourth-order valence-electron chi connectivity index (χ4n) is 27.3. The van der Waals surface area contributed by atoms with E-state index in [1.54, 1.807) is 0 Å². The lowest BCUT2D eigenvalue weighted by atomic mass is 9.72. The number of aryl methyl sites for hydroxylation is 16. The molecule has 0 amide bonds. The Morgan fingerprint density at radius 3 is 0.326 bits per heavy atom. The third-order valence-electron chi connectivity index (χ3n) is 36.9. The highest BCUT2D eigenvalue weighted by Crippen LogP contribution is 2.53. The van der Waals surface area contributed by atoms with Crippen molar-refractivity contribution in [2.24, 2.45) is 0 Å². The van der Waals surface area contributed by atoms with Gasteiger partial charge in [0, 0.05) is 71.0 Å². The lowest BCUT2D eigenvalue weighted by Gasteiger charge is -2.32. The Kier molecular flexibility index (Phi) is 29.2. The molecule has 19 rings (SSSR count). The van der Waals surface area contributed by atoms with Crippen LogP contribution in [0.5, 0.6) is 0 Å². The standard InChI is InChI=1S/C60H56.C44H56.C40H48/c1-37-29-38(2)50-33-49(37)57(45-21-13-9-14-22-45)51-34-52(40(4)30-39(51)3)59(47-25-17-11-18-26-47)55-36-56(44(8)32-43(55)7)60(48-27-19-12-20-28-48)54-35-53(41(5)31-42(54)6)58(50)46-23-15-10-16-24-46;1-21-25(5)37-17-38(26(21)6)34(14)40-19-42(30(10)23(3)28(40)8)36(16)44-20-43(31(11)24(4)32(44)12)35(15)41-18-39(33(37)13)27(7)22(2)29(41)9;1-21-13-22(2)34-17-33(21)29(9)35-18-36(24(4)14-23(35)3)31(11)39-20-40(28(8)16-27(39)7)32(12)38-19-37(30(34)10)25(5)15-26(38)6/h9-36,57-60H,1-8H3;17-20,33-36H,1-16H3;13-20,29-32H,1-12H3. The molecule has 16 aromatic carbocycles. The highest BCUT2D eigenvalue weighted by atomic mass is 14.4. The third-order valence-corrected chi connectivity index (χ3v) is 36.9. The molecule has 0 radical (unpaired) electrons. The zero-order valence-electron chi connectivity index (χ0n) is 94.0. The molecule has 0 saturated heterocycles. The maximum atomic E-state index is 2.59.